The van der Waals surface area contributed by atoms with Gasteiger partial charge in [-0.2, -0.15) is 5.10 Å². The maximum absolute atomic E-state index is 4.58. The molecule has 1 N–H and O–H groups in total. The minimum absolute atomic E-state index is 0.0578. The van der Waals surface area contributed by atoms with Gasteiger partial charge in [-0.15, -0.1) is 0 Å². The molecule has 0 amide bonds. The fraction of sp³-hybridized carbons (Fsp3) is 0.467. The number of nitrogens with one attached hydrogen (secondary N) is 1. The minimum Gasteiger partial charge on any atom is -0.379 e. The van der Waals surface area contributed by atoms with E-state index in [4.69, 9.17) is 0 Å². The van der Waals surface area contributed by atoms with E-state index in [-0.39, 0.29) is 5.41 Å². The second-order valence-electron chi connectivity index (χ2n) is 5.97. The van der Waals surface area contributed by atoms with Crippen molar-refractivity contribution in [1.29, 1.82) is 0 Å². The van der Waals surface area contributed by atoms with Gasteiger partial charge in [0.25, 0.3) is 0 Å². The highest BCUT2D eigenvalue weighted by Crippen LogP contribution is 2.25. The first-order chi connectivity index (χ1) is 8.88. The summed E-state index contributed by atoms with van der Waals surface area (Å²) >= 11 is 0. The molecule has 0 saturated heterocycles. The van der Waals surface area contributed by atoms with Crippen LogP contribution in [0.4, 0.5) is 5.69 Å². The van der Waals surface area contributed by atoms with E-state index in [0.29, 0.717) is 0 Å². The Balaban J connectivity index is 2.19. The number of anilines is 1. The number of hydrogen-bond acceptors (Lipinski definition) is 3. The van der Waals surface area contributed by atoms with Crippen molar-refractivity contribution in [2.75, 3.05) is 5.32 Å². The summed E-state index contributed by atoms with van der Waals surface area (Å²) in [6.07, 6.45) is 5.76. The molecule has 4 heteroatoms. The number of hydrogen-bond donors (Lipinski definition) is 1. The summed E-state index contributed by atoms with van der Waals surface area (Å²) in [6, 6.07) is 2.01. The van der Waals surface area contributed by atoms with E-state index in [1.807, 2.05) is 30.2 Å². The molecule has 0 fully saturated rings. The van der Waals surface area contributed by atoms with Gasteiger partial charge in [-0.3, -0.25) is 9.67 Å². The summed E-state index contributed by atoms with van der Waals surface area (Å²) in [5.74, 6) is 0. The van der Waals surface area contributed by atoms with Crippen LogP contribution >= 0.6 is 0 Å². The fourth-order valence-electron chi connectivity index (χ4n) is 2.14. The lowest BCUT2D eigenvalue weighted by molar-refractivity contribution is 0.549. The summed E-state index contributed by atoms with van der Waals surface area (Å²) < 4.78 is 1.88. The number of aromatic nitrogens is 3. The molecule has 0 radical (unpaired) electrons. The zero-order chi connectivity index (χ0) is 14.0. The molecular weight excluding hydrogens is 236 g/mol. The van der Waals surface area contributed by atoms with Crippen LogP contribution in [-0.4, -0.2) is 14.8 Å². The highest BCUT2D eigenvalue weighted by Gasteiger charge is 2.21. The average Bonchev–Trinajstić information content (AvgIpc) is 2.69. The molecule has 0 aromatic carbocycles. The molecule has 0 saturated carbocycles. The second kappa shape index (κ2) is 5.03. The molecule has 2 aromatic heterocycles. The van der Waals surface area contributed by atoms with E-state index < -0.39 is 0 Å². The zero-order valence-electron chi connectivity index (χ0n) is 12.4. The molecule has 2 rings (SSSR count). The van der Waals surface area contributed by atoms with Gasteiger partial charge in [0.1, 0.15) is 0 Å². The van der Waals surface area contributed by atoms with Crippen molar-refractivity contribution in [3.05, 3.63) is 41.5 Å². The summed E-state index contributed by atoms with van der Waals surface area (Å²) in [5, 5.41) is 8.02. The predicted molar refractivity (Wildman–Crippen MR) is 78.2 cm³/mol. The first kappa shape index (κ1) is 13.6. The number of pyridine rings is 1. The van der Waals surface area contributed by atoms with E-state index in [1.165, 1.54) is 11.1 Å². The molecule has 0 atom stereocenters. The Hall–Kier alpha value is -1.84. The molecule has 0 aliphatic heterocycles. The summed E-state index contributed by atoms with van der Waals surface area (Å²) in [5.41, 5.74) is 4.71. The van der Waals surface area contributed by atoms with Gasteiger partial charge in [0.05, 0.1) is 17.6 Å². The van der Waals surface area contributed by atoms with Gasteiger partial charge in [-0.1, -0.05) is 20.8 Å². The molecule has 0 bridgehead atoms. The van der Waals surface area contributed by atoms with Crippen molar-refractivity contribution in [3.63, 3.8) is 0 Å². The normalized spacial score (nSPS) is 11.6. The Kier molecular flexibility index (Phi) is 3.60. The van der Waals surface area contributed by atoms with Crippen molar-refractivity contribution in [1.82, 2.24) is 14.8 Å². The zero-order valence-corrected chi connectivity index (χ0v) is 12.4. The Bertz CT molecular complexity index is 564. The van der Waals surface area contributed by atoms with E-state index in [0.717, 1.165) is 17.9 Å². The van der Waals surface area contributed by atoms with Crippen LogP contribution in [0.1, 0.15) is 37.6 Å². The lowest BCUT2D eigenvalue weighted by Crippen LogP contribution is -2.16. The highest BCUT2D eigenvalue weighted by atomic mass is 15.3. The lowest BCUT2D eigenvalue weighted by atomic mass is 9.89. The van der Waals surface area contributed by atoms with Crippen molar-refractivity contribution in [3.8, 4) is 0 Å². The van der Waals surface area contributed by atoms with Gasteiger partial charge < -0.3 is 5.32 Å². The number of rotatable bonds is 3. The van der Waals surface area contributed by atoms with E-state index >= 15 is 0 Å². The molecule has 4 nitrogen and oxygen atoms in total. The van der Waals surface area contributed by atoms with Crippen LogP contribution in [0.2, 0.25) is 0 Å². The molecular formula is C15H22N4. The molecule has 2 heterocycles. The van der Waals surface area contributed by atoms with E-state index in [9.17, 15) is 0 Å². The van der Waals surface area contributed by atoms with Crippen molar-refractivity contribution in [2.45, 2.75) is 39.7 Å². The van der Waals surface area contributed by atoms with Gasteiger partial charge in [-0.25, -0.2) is 0 Å². The summed E-state index contributed by atoms with van der Waals surface area (Å²) in [7, 11) is 1.97. The minimum atomic E-state index is 0.0578. The molecule has 2 aromatic rings. The average molecular weight is 258 g/mol. The maximum Gasteiger partial charge on any atom is 0.0727 e. The van der Waals surface area contributed by atoms with Crippen LogP contribution in [0.25, 0.3) is 0 Å². The van der Waals surface area contributed by atoms with Crippen LogP contribution in [0.15, 0.2) is 24.7 Å². The molecule has 19 heavy (non-hydrogen) atoms. The second-order valence-corrected chi connectivity index (χ2v) is 5.97. The van der Waals surface area contributed by atoms with Crippen molar-refractivity contribution in [2.24, 2.45) is 7.05 Å². The Morgan fingerprint density at radius 2 is 2.05 bits per heavy atom. The third-order valence-electron chi connectivity index (χ3n) is 3.12. The van der Waals surface area contributed by atoms with Crippen LogP contribution in [0.3, 0.4) is 0 Å². The fourth-order valence-corrected chi connectivity index (χ4v) is 2.14. The largest absolute Gasteiger partial charge is 0.379 e. The first-order valence-electron chi connectivity index (χ1n) is 6.55. The quantitative estimate of drug-likeness (QED) is 0.920. The number of nitrogens with zero attached hydrogens (tertiary/aromatic N) is 3. The highest BCUT2D eigenvalue weighted by molar-refractivity contribution is 5.48. The van der Waals surface area contributed by atoms with Gasteiger partial charge in [0, 0.05) is 37.0 Å². The Labute approximate surface area is 114 Å². The van der Waals surface area contributed by atoms with Crippen LogP contribution in [0.5, 0.6) is 0 Å². The Morgan fingerprint density at radius 3 is 2.68 bits per heavy atom. The first-order valence-corrected chi connectivity index (χ1v) is 6.55. The third-order valence-corrected chi connectivity index (χ3v) is 3.12. The molecule has 102 valence electrons. The Morgan fingerprint density at radius 1 is 1.32 bits per heavy atom. The standard InChI is InChI=1S/C15H22N4/c1-11-6-7-16-9-13(11)17-8-12-10-19(5)18-14(12)15(2,3)4/h6-7,9-10,17H,8H2,1-5H3. The van der Waals surface area contributed by atoms with Gasteiger partial charge in [-0.05, 0) is 18.6 Å². The monoisotopic (exact) mass is 258 g/mol. The molecule has 0 spiro atoms. The topological polar surface area (TPSA) is 42.7 Å². The smallest absolute Gasteiger partial charge is 0.0727 e. The maximum atomic E-state index is 4.58. The van der Waals surface area contributed by atoms with Gasteiger partial charge >= 0.3 is 0 Å². The van der Waals surface area contributed by atoms with Crippen molar-refractivity contribution < 1.29 is 0 Å². The third kappa shape index (κ3) is 3.13. The van der Waals surface area contributed by atoms with Crippen molar-refractivity contribution >= 4 is 5.69 Å². The molecule has 0 aliphatic carbocycles. The summed E-state index contributed by atoms with van der Waals surface area (Å²) in [4.78, 5) is 4.15. The van der Waals surface area contributed by atoms with Gasteiger partial charge in [0.15, 0.2) is 0 Å². The van der Waals surface area contributed by atoms with Crippen LogP contribution < -0.4 is 5.32 Å². The predicted octanol–water partition coefficient (Wildman–Crippen LogP) is 3.03. The lowest BCUT2D eigenvalue weighted by Gasteiger charge is -2.18. The van der Waals surface area contributed by atoms with Gasteiger partial charge in [0.2, 0.25) is 0 Å². The SMILES string of the molecule is Cc1ccncc1NCc1cn(C)nc1C(C)(C)C. The summed E-state index contributed by atoms with van der Waals surface area (Å²) in [6.45, 7) is 9.42. The van der Waals surface area contributed by atoms with Crippen LogP contribution in [0, 0.1) is 6.92 Å². The van der Waals surface area contributed by atoms with E-state index in [1.54, 1.807) is 0 Å². The molecule has 0 unspecified atom stereocenters. The van der Waals surface area contributed by atoms with E-state index in [2.05, 4.69) is 49.3 Å². The number of aryl methyl sites for hydroxylation is 2. The van der Waals surface area contributed by atoms with Crippen LogP contribution in [-0.2, 0) is 19.0 Å². The molecule has 0 aliphatic rings.